The van der Waals surface area contributed by atoms with Crippen molar-refractivity contribution in [2.24, 2.45) is 0 Å². The number of carboxylic acids is 1. The van der Waals surface area contributed by atoms with Gasteiger partial charge >= 0.3 is 5.97 Å². The lowest BCUT2D eigenvalue weighted by molar-refractivity contribution is 0.0697. The van der Waals surface area contributed by atoms with E-state index >= 15 is 0 Å². The second-order valence-electron chi connectivity index (χ2n) is 3.85. The van der Waals surface area contributed by atoms with Crippen LogP contribution in [0.4, 0.5) is 4.39 Å². The van der Waals surface area contributed by atoms with E-state index in [0.29, 0.717) is 16.6 Å². The molecule has 0 saturated carbocycles. The van der Waals surface area contributed by atoms with Gasteiger partial charge in [-0.25, -0.2) is 9.18 Å². The number of aromatic amines is 1. The van der Waals surface area contributed by atoms with Crippen LogP contribution >= 0.6 is 0 Å². The fourth-order valence-electron chi connectivity index (χ4n) is 1.93. The van der Waals surface area contributed by atoms with E-state index in [1.807, 2.05) is 0 Å². The van der Waals surface area contributed by atoms with E-state index in [2.05, 4.69) is 4.98 Å². The summed E-state index contributed by atoms with van der Waals surface area (Å²) in [4.78, 5) is 13.9. The quantitative estimate of drug-likeness (QED) is 0.728. The molecule has 3 rings (SSSR count). The SMILES string of the molecule is O=C(O)c1ccoc1-c1cc2c(F)cccc2[nH]1. The standard InChI is InChI=1S/C13H8FNO3/c14-9-2-1-3-10-8(9)6-11(15-10)12-7(13(16)17)4-5-18-12/h1-6,15H,(H,16,17). The Morgan fingerprint density at radius 1 is 1.33 bits per heavy atom. The van der Waals surface area contributed by atoms with Crippen LogP contribution in [-0.2, 0) is 0 Å². The molecule has 0 atom stereocenters. The summed E-state index contributed by atoms with van der Waals surface area (Å²) in [7, 11) is 0. The van der Waals surface area contributed by atoms with Crippen LogP contribution < -0.4 is 0 Å². The molecule has 0 spiro atoms. The molecule has 0 bridgehead atoms. The van der Waals surface area contributed by atoms with Crippen LogP contribution in [0, 0.1) is 5.82 Å². The fourth-order valence-corrected chi connectivity index (χ4v) is 1.93. The molecule has 3 aromatic rings. The zero-order valence-corrected chi connectivity index (χ0v) is 9.11. The molecule has 90 valence electrons. The van der Waals surface area contributed by atoms with Crippen LogP contribution in [0.2, 0.25) is 0 Å². The minimum atomic E-state index is -1.09. The second kappa shape index (κ2) is 3.73. The van der Waals surface area contributed by atoms with Gasteiger partial charge in [-0.2, -0.15) is 0 Å². The molecule has 0 fully saturated rings. The average molecular weight is 245 g/mol. The van der Waals surface area contributed by atoms with Gasteiger partial charge in [0.25, 0.3) is 0 Å². The zero-order chi connectivity index (χ0) is 12.7. The molecule has 0 aliphatic carbocycles. The number of halogens is 1. The molecule has 18 heavy (non-hydrogen) atoms. The predicted octanol–water partition coefficient (Wildman–Crippen LogP) is 3.27. The number of fused-ring (bicyclic) bond motifs is 1. The van der Waals surface area contributed by atoms with Crippen LogP contribution in [0.5, 0.6) is 0 Å². The molecule has 0 amide bonds. The molecule has 0 aliphatic heterocycles. The number of hydrogen-bond donors (Lipinski definition) is 2. The number of hydrogen-bond acceptors (Lipinski definition) is 2. The van der Waals surface area contributed by atoms with Crippen molar-refractivity contribution >= 4 is 16.9 Å². The summed E-state index contributed by atoms with van der Waals surface area (Å²) in [5, 5.41) is 9.40. The molecule has 1 aromatic carbocycles. The van der Waals surface area contributed by atoms with Gasteiger partial charge in [-0.1, -0.05) is 6.07 Å². The Balaban J connectivity index is 2.23. The number of nitrogens with one attached hydrogen (secondary N) is 1. The Hall–Kier alpha value is -2.56. The fraction of sp³-hybridized carbons (Fsp3) is 0. The predicted molar refractivity (Wildman–Crippen MR) is 62.9 cm³/mol. The number of H-pyrrole nitrogens is 1. The highest BCUT2D eigenvalue weighted by atomic mass is 19.1. The normalized spacial score (nSPS) is 10.9. The first-order valence-corrected chi connectivity index (χ1v) is 5.25. The summed E-state index contributed by atoms with van der Waals surface area (Å²) in [5.41, 5.74) is 1.08. The third-order valence-electron chi connectivity index (χ3n) is 2.75. The minimum Gasteiger partial charge on any atom is -0.478 e. The summed E-state index contributed by atoms with van der Waals surface area (Å²) >= 11 is 0. The van der Waals surface area contributed by atoms with Gasteiger partial charge in [0.15, 0.2) is 5.76 Å². The maximum Gasteiger partial charge on any atom is 0.339 e. The van der Waals surface area contributed by atoms with Gasteiger partial charge in [0, 0.05) is 10.9 Å². The molecule has 0 saturated heterocycles. The van der Waals surface area contributed by atoms with Gasteiger partial charge in [-0.3, -0.25) is 0 Å². The van der Waals surface area contributed by atoms with Gasteiger partial charge in [-0.15, -0.1) is 0 Å². The maximum atomic E-state index is 13.5. The van der Waals surface area contributed by atoms with E-state index in [1.165, 1.54) is 24.5 Å². The molecule has 2 N–H and O–H groups in total. The van der Waals surface area contributed by atoms with Crippen molar-refractivity contribution in [2.75, 3.05) is 0 Å². The van der Waals surface area contributed by atoms with Crippen molar-refractivity contribution in [3.8, 4) is 11.5 Å². The number of carbonyl (C=O) groups is 1. The number of rotatable bonds is 2. The van der Waals surface area contributed by atoms with Gasteiger partial charge in [0.1, 0.15) is 11.4 Å². The molecule has 0 radical (unpaired) electrons. The molecular weight excluding hydrogens is 237 g/mol. The first-order valence-electron chi connectivity index (χ1n) is 5.25. The van der Waals surface area contributed by atoms with Crippen LogP contribution in [0.1, 0.15) is 10.4 Å². The van der Waals surface area contributed by atoms with E-state index in [-0.39, 0.29) is 17.1 Å². The number of aromatic carboxylic acids is 1. The van der Waals surface area contributed by atoms with E-state index in [1.54, 1.807) is 12.1 Å². The summed E-state index contributed by atoms with van der Waals surface area (Å²) in [6, 6.07) is 7.54. The number of furan rings is 1. The first-order chi connectivity index (χ1) is 8.66. The lowest BCUT2D eigenvalue weighted by atomic mass is 10.2. The summed E-state index contributed by atoms with van der Waals surface area (Å²) < 4.78 is 18.7. The third-order valence-corrected chi connectivity index (χ3v) is 2.75. The maximum absolute atomic E-state index is 13.5. The van der Waals surface area contributed by atoms with Crippen molar-refractivity contribution < 1.29 is 18.7 Å². The van der Waals surface area contributed by atoms with E-state index in [0.717, 1.165) is 0 Å². The Kier molecular flexibility index (Phi) is 2.19. The number of benzene rings is 1. The Morgan fingerprint density at radius 3 is 2.89 bits per heavy atom. The van der Waals surface area contributed by atoms with Gasteiger partial charge in [0.2, 0.25) is 0 Å². The molecule has 5 heteroatoms. The topological polar surface area (TPSA) is 66.2 Å². The first kappa shape index (κ1) is 10.6. The van der Waals surface area contributed by atoms with Crippen molar-refractivity contribution in [1.29, 1.82) is 0 Å². The van der Waals surface area contributed by atoms with Crippen LogP contribution in [0.15, 0.2) is 41.0 Å². The summed E-state index contributed by atoms with van der Waals surface area (Å²) in [5.74, 6) is -1.26. The Morgan fingerprint density at radius 2 is 2.17 bits per heavy atom. The molecule has 2 heterocycles. The smallest absolute Gasteiger partial charge is 0.339 e. The van der Waals surface area contributed by atoms with Crippen molar-refractivity contribution in [3.63, 3.8) is 0 Å². The van der Waals surface area contributed by atoms with Gasteiger partial charge in [-0.05, 0) is 24.3 Å². The van der Waals surface area contributed by atoms with Gasteiger partial charge in [0.05, 0.1) is 12.0 Å². The highest BCUT2D eigenvalue weighted by Crippen LogP contribution is 2.28. The Labute approximate surface area is 101 Å². The molecular formula is C13H8FNO3. The lowest BCUT2D eigenvalue weighted by Crippen LogP contribution is -1.95. The molecule has 2 aromatic heterocycles. The van der Waals surface area contributed by atoms with Crippen molar-refractivity contribution in [1.82, 2.24) is 4.98 Å². The highest BCUT2D eigenvalue weighted by Gasteiger charge is 2.17. The van der Waals surface area contributed by atoms with E-state index in [4.69, 9.17) is 9.52 Å². The number of carboxylic acid groups (broad SMARTS) is 1. The third kappa shape index (κ3) is 1.48. The lowest BCUT2D eigenvalue weighted by Gasteiger charge is -1.94. The summed E-state index contributed by atoms with van der Waals surface area (Å²) in [6.45, 7) is 0. The number of aromatic nitrogens is 1. The largest absolute Gasteiger partial charge is 0.478 e. The zero-order valence-electron chi connectivity index (χ0n) is 9.11. The van der Waals surface area contributed by atoms with Crippen LogP contribution in [0.3, 0.4) is 0 Å². The monoisotopic (exact) mass is 245 g/mol. The van der Waals surface area contributed by atoms with Crippen molar-refractivity contribution in [3.05, 3.63) is 48.0 Å². The van der Waals surface area contributed by atoms with Crippen molar-refractivity contribution in [2.45, 2.75) is 0 Å². The molecule has 0 unspecified atom stereocenters. The van der Waals surface area contributed by atoms with E-state index < -0.39 is 5.97 Å². The van der Waals surface area contributed by atoms with Gasteiger partial charge < -0.3 is 14.5 Å². The Bertz CT molecular complexity index is 742. The van der Waals surface area contributed by atoms with E-state index in [9.17, 15) is 9.18 Å². The molecule has 0 aliphatic rings. The summed E-state index contributed by atoms with van der Waals surface area (Å²) in [6.07, 6.45) is 1.29. The highest BCUT2D eigenvalue weighted by molar-refractivity contribution is 5.96. The minimum absolute atomic E-state index is 0.0435. The average Bonchev–Trinajstić information content (AvgIpc) is 2.95. The van der Waals surface area contributed by atoms with Crippen LogP contribution in [0.25, 0.3) is 22.4 Å². The second-order valence-corrected chi connectivity index (χ2v) is 3.85. The molecule has 4 nitrogen and oxygen atoms in total. The van der Waals surface area contributed by atoms with Crippen LogP contribution in [-0.4, -0.2) is 16.1 Å².